The highest BCUT2D eigenvalue weighted by atomic mass is 16.5. The fourth-order valence-electron chi connectivity index (χ4n) is 2.98. The van der Waals surface area contributed by atoms with Gasteiger partial charge in [-0.2, -0.15) is 0 Å². The molecule has 0 amide bonds. The summed E-state index contributed by atoms with van der Waals surface area (Å²) in [5.41, 5.74) is 2.20. The van der Waals surface area contributed by atoms with Gasteiger partial charge in [-0.1, -0.05) is 18.2 Å². The van der Waals surface area contributed by atoms with Crippen LogP contribution < -0.4 is 0 Å². The molecular weight excluding hydrogens is 244 g/mol. The van der Waals surface area contributed by atoms with E-state index in [1.165, 1.54) is 11.1 Å². The molecule has 4 nitrogen and oxygen atoms in total. The summed E-state index contributed by atoms with van der Waals surface area (Å²) in [6.45, 7) is 5.59. The van der Waals surface area contributed by atoms with Gasteiger partial charge < -0.3 is 14.6 Å². The quantitative estimate of drug-likeness (QED) is 0.900. The third-order valence-corrected chi connectivity index (χ3v) is 4.78. The van der Waals surface area contributed by atoms with Gasteiger partial charge in [-0.25, -0.2) is 0 Å². The first kappa shape index (κ1) is 12.6. The number of aliphatic carboxylic acids is 1. The normalized spacial score (nSPS) is 23.3. The molecule has 2 heterocycles. The predicted molar refractivity (Wildman–Crippen MR) is 69.3 cm³/mol. The van der Waals surface area contributed by atoms with E-state index in [1.54, 1.807) is 0 Å². The third-order valence-electron chi connectivity index (χ3n) is 4.78. The zero-order valence-electron chi connectivity index (χ0n) is 11.2. The Morgan fingerprint density at radius 1 is 1.11 bits per heavy atom. The first-order valence-corrected chi connectivity index (χ1v) is 6.48. The average Bonchev–Trinajstić information content (AvgIpc) is 2.24. The number of carbonyl (C=O) groups is 1. The molecule has 1 aromatic rings. The van der Waals surface area contributed by atoms with E-state index >= 15 is 0 Å². The van der Waals surface area contributed by atoms with Gasteiger partial charge in [0.1, 0.15) is 5.41 Å². The summed E-state index contributed by atoms with van der Waals surface area (Å²) in [4.78, 5) is 11.7. The summed E-state index contributed by atoms with van der Waals surface area (Å²) in [6, 6.07) is 6.19. The smallest absolute Gasteiger partial charge is 0.315 e. The van der Waals surface area contributed by atoms with Crippen LogP contribution in [0.15, 0.2) is 18.2 Å². The first-order chi connectivity index (χ1) is 9.02. The predicted octanol–water partition coefficient (Wildman–Crippen LogP) is 1.67. The molecule has 0 bridgehead atoms. The minimum Gasteiger partial charge on any atom is -0.481 e. The number of benzene rings is 1. The van der Waals surface area contributed by atoms with Gasteiger partial charge in [-0.3, -0.25) is 4.79 Å². The summed E-state index contributed by atoms with van der Waals surface area (Å²) in [5.74, 6) is -0.778. The standard InChI is InChI=1S/C15H18O4/c1-10-3-4-12(5-11(10)2)14(6-18-7-14)15(13(16)17)8-19-9-15/h3-5H,6-9H2,1-2H3,(H,16,17). The van der Waals surface area contributed by atoms with Crippen LogP contribution in [0.4, 0.5) is 0 Å². The number of hydrogen-bond acceptors (Lipinski definition) is 3. The molecule has 0 aromatic heterocycles. The molecule has 0 aliphatic carbocycles. The summed E-state index contributed by atoms with van der Waals surface area (Å²) in [5, 5.41) is 9.63. The molecule has 1 aromatic carbocycles. The highest BCUT2D eigenvalue weighted by molar-refractivity contribution is 5.79. The molecule has 0 spiro atoms. The van der Waals surface area contributed by atoms with Crippen LogP contribution in [-0.4, -0.2) is 37.5 Å². The second kappa shape index (κ2) is 4.05. The Labute approximate surface area is 112 Å². The summed E-state index contributed by atoms with van der Waals surface area (Å²) < 4.78 is 10.6. The van der Waals surface area contributed by atoms with E-state index in [-0.39, 0.29) is 13.2 Å². The zero-order valence-corrected chi connectivity index (χ0v) is 11.2. The van der Waals surface area contributed by atoms with Crippen LogP contribution in [0.2, 0.25) is 0 Å². The molecule has 2 aliphatic rings. The Hall–Kier alpha value is -1.39. The molecule has 0 atom stereocenters. The lowest BCUT2D eigenvalue weighted by Crippen LogP contribution is -2.69. The summed E-state index contributed by atoms with van der Waals surface area (Å²) in [7, 11) is 0. The molecule has 0 radical (unpaired) electrons. The number of hydrogen-bond donors (Lipinski definition) is 1. The molecule has 2 aliphatic heterocycles. The second-order valence-electron chi connectivity index (χ2n) is 5.75. The maximum Gasteiger partial charge on any atom is 0.315 e. The van der Waals surface area contributed by atoms with Crippen molar-refractivity contribution in [3.05, 3.63) is 34.9 Å². The lowest BCUT2D eigenvalue weighted by atomic mass is 9.57. The van der Waals surface area contributed by atoms with E-state index in [9.17, 15) is 9.90 Å². The molecule has 1 N–H and O–H groups in total. The molecule has 2 fully saturated rings. The number of aryl methyl sites for hydroxylation is 2. The van der Waals surface area contributed by atoms with Crippen molar-refractivity contribution in [1.29, 1.82) is 0 Å². The molecule has 2 saturated heterocycles. The number of carboxylic acid groups (broad SMARTS) is 1. The van der Waals surface area contributed by atoms with Crippen molar-refractivity contribution < 1.29 is 19.4 Å². The maximum absolute atomic E-state index is 11.7. The van der Waals surface area contributed by atoms with Crippen LogP contribution in [0.1, 0.15) is 16.7 Å². The summed E-state index contributed by atoms with van der Waals surface area (Å²) >= 11 is 0. The Morgan fingerprint density at radius 2 is 1.74 bits per heavy atom. The minimum atomic E-state index is -0.826. The lowest BCUT2D eigenvalue weighted by Gasteiger charge is -2.56. The zero-order chi connectivity index (χ0) is 13.7. The molecule has 0 unspecified atom stereocenters. The Balaban J connectivity index is 2.08. The lowest BCUT2D eigenvalue weighted by molar-refractivity contribution is -0.236. The maximum atomic E-state index is 11.7. The fourth-order valence-corrected chi connectivity index (χ4v) is 2.98. The van der Waals surface area contributed by atoms with Crippen molar-refractivity contribution >= 4 is 5.97 Å². The van der Waals surface area contributed by atoms with Crippen molar-refractivity contribution in [2.75, 3.05) is 26.4 Å². The van der Waals surface area contributed by atoms with Crippen LogP contribution in [0.5, 0.6) is 0 Å². The van der Waals surface area contributed by atoms with Gasteiger partial charge in [0.2, 0.25) is 0 Å². The van der Waals surface area contributed by atoms with E-state index in [0.29, 0.717) is 13.2 Å². The van der Waals surface area contributed by atoms with Crippen molar-refractivity contribution in [2.24, 2.45) is 5.41 Å². The van der Waals surface area contributed by atoms with E-state index in [4.69, 9.17) is 9.47 Å². The number of carboxylic acids is 1. The Bertz CT molecular complexity index is 527. The van der Waals surface area contributed by atoms with Crippen molar-refractivity contribution in [2.45, 2.75) is 19.3 Å². The van der Waals surface area contributed by atoms with E-state index in [0.717, 1.165) is 5.56 Å². The van der Waals surface area contributed by atoms with Crippen LogP contribution in [0, 0.1) is 19.3 Å². The van der Waals surface area contributed by atoms with Crippen LogP contribution in [0.25, 0.3) is 0 Å². The van der Waals surface area contributed by atoms with Gasteiger partial charge in [-0.15, -0.1) is 0 Å². The average molecular weight is 262 g/mol. The van der Waals surface area contributed by atoms with Crippen LogP contribution in [0.3, 0.4) is 0 Å². The van der Waals surface area contributed by atoms with Crippen LogP contribution >= 0.6 is 0 Å². The van der Waals surface area contributed by atoms with Gasteiger partial charge in [0, 0.05) is 0 Å². The molecule has 19 heavy (non-hydrogen) atoms. The highest BCUT2D eigenvalue weighted by Gasteiger charge is 2.65. The van der Waals surface area contributed by atoms with Crippen LogP contribution in [-0.2, 0) is 19.7 Å². The number of ether oxygens (including phenoxy) is 2. The van der Waals surface area contributed by atoms with Crippen molar-refractivity contribution in [3.8, 4) is 0 Å². The molecule has 3 rings (SSSR count). The van der Waals surface area contributed by atoms with Gasteiger partial charge in [0.05, 0.1) is 31.8 Å². The SMILES string of the molecule is Cc1ccc(C2(C3(C(=O)O)COC3)COC2)cc1C. The van der Waals surface area contributed by atoms with Gasteiger partial charge in [0.25, 0.3) is 0 Å². The minimum absolute atomic E-state index is 0.276. The van der Waals surface area contributed by atoms with Gasteiger partial charge in [-0.05, 0) is 30.5 Å². The Morgan fingerprint density at radius 3 is 2.11 bits per heavy atom. The molecule has 102 valence electrons. The Kier molecular flexibility index (Phi) is 2.69. The van der Waals surface area contributed by atoms with E-state index in [1.807, 2.05) is 6.07 Å². The fraction of sp³-hybridized carbons (Fsp3) is 0.533. The van der Waals surface area contributed by atoms with E-state index < -0.39 is 16.8 Å². The van der Waals surface area contributed by atoms with Crippen molar-refractivity contribution in [3.63, 3.8) is 0 Å². The van der Waals surface area contributed by atoms with Gasteiger partial charge in [0.15, 0.2) is 0 Å². The molecule has 0 saturated carbocycles. The first-order valence-electron chi connectivity index (χ1n) is 6.48. The topological polar surface area (TPSA) is 55.8 Å². The third kappa shape index (κ3) is 1.50. The van der Waals surface area contributed by atoms with Gasteiger partial charge >= 0.3 is 5.97 Å². The monoisotopic (exact) mass is 262 g/mol. The second-order valence-corrected chi connectivity index (χ2v) is 5.75. The molecule has 4 heteroatoms. The largest absolute Gasteiger partial charge is 0.481 e. The molecular formula is C15H18O4. The highest BCUT2D eigenvalue weighted by Crippen LogP contribution is 2.52. The van der Waals surface area contributed by atoms with E-state index in [2.05, 4.69) is 26.0 Å². The van der Waals surface area contributed by atoms with Crippen molar-refractivity contribution in [1.82, 2.24) is 0 Å². The summed E-state index contributed by atoms with van der Waals surface area (Å²) in [6.07, 6.45) is 0. The number of rotatable bonds is 3.